The second-order valence-corrected chi connectivity index (χ2v) is 8.25. The number of hydrogen-bond acceptors (Lipinski definition) is 5. The topological polar surface area (TPSA) is 111 Å². The number of phenolic OH excluding ortho intramolecular Hbond substituents is 1. The molecule has 7 nitrogen and oxygen atoms in total. The van der Waals surface area contributed by atoms with Crippen LogP contribution in [0.2, 0.25) is 0 Å². The molecule has 0 aromatic heterocycles. The summed E-state index contributed by atoms with van der Waals surface area (Å²) in [7, 11) is -2.46. The molecule has 5 N–H and O–H groups in total. The van der Waals surface area contributed by atoms with Gasteiger partial charge in [0.25, 0.3) is 10.2 Å². The first-order valence-corrected chi connectivity index (χ1v) is 10.3. The average Bonchev–Trinajstić information content (AvgIpc) is 2.61. The van der Waals surface area contributed by atoms with Gasteiger partial charge in [-0.2, -0.15) is 8.42 Å². The van der Waals surface area contributed by atoms with Gasteiger partial charge < -0.3 is 15.5 Å². The van der Waals surface area contributed by atoms with Gasteiger partial charge in [-0.3, -0.25) is 4.72 Å². The summed E-state index contributed by atoms with van der Waals surface area (Å²) >= 11 is 0. The van der Waals surface area contributed by atoms with Gasteiger partial charge in [0.1, 0.15) is 5.75 Å². The summed E-state index contributed by atoms with van der Waals surface area (Å²) in [5, 5.41) is 23.9. The second-order valence-electron chi connectivity index (χ2n) is 6.63. The lowest BCUT2D eigenvalue weighted by molar-refractivity contribution is 0.102. The fourth-order valence-corrected chi connectivity index (χ4v) is 3.75. The van der Waals surface area contributed by atoms with Crippen molar-refractivity contribution in [3.63, 3.8) is 0 Å². The largest absolute Gasteiger partial charge is 0.506 e. The molecule has 3 unspecified atom stereocenters. The van der Waals surface area contributed by atoms with Gasteiger partial charge >= 0.3 is 0 Å². The van der Waals surface area contributed by atoms with E-state index >= 15 is 0 Å². The van der Waals surface area contributed by atoms with E-state index in [0.717, 1.165) is 19.4 Å². The molecule has 0 aliphatic carbocycles. The van der Waals surface area contributed by atoms with Crippen molar-refractivity contribution < 1.29 is 18.6 Å². The van der Waals surface area contributed by atoms with E-state index in [-0.39, 0.29) is 17.5 Å². The van der Waals surface area contributed by atoms with Crippen LogP contribution in [-0.4, -0.2) is 38.3 Å². The molecule has 1 aromatic carbocycles. The highest BCUT2D eigenvalue weighted by Crippen LogP contribution is 2.31. The van der Waals surface area contributed by atoms with Crippen LogP contribution in [0.5, 0.6) is 5.75 Å². The molecule has 25 heavy (non-hydrogen) atoms. The Bertz CT molecular complexity index is 658. The first-order valence-electron chi connectivity index (χ1n) is 8.82. The van der Waals surface area contributed by atoms with Crippen molar-refractivity contribution in [3.05, 3.63) is 23.8 Å². The molecule has 1 heterocycles. The second kappa shape index (κ2) is 8.84. The fraction of sp³-hybridized carbons (Fsp3) is 0.647. The van der Waals surface area contributed by atoms with E-state index < -0.39 is 16.3 Å². The van der Waals surface area contributed by atoms with E-state index in [1.165, 1.54) is 38.4 Å². The number of anilines is 1. The van der Waals surface area contributed by atoms with E-state index in [4.69, 9.17) is 0 Å². The summed E-state index contributed by atoms with van der Waals surface area (Å²) < 4.78 is 27.6. The summed E-state index contributed by atoms with van der Waals surface area (Å²) in [4.78, 5) is 0. The molecular weight excluding hydrogens is 342 g/mol. The summed E-state index contributed by atoms with van der Waals surface area (Å²) in [6, 6.07) is 4.40. The third-order valence-electron chi connectivity index (χ3n) is 4.78. The van der Waals surface area contributed by atoms with Gasteiger partial charge in [0, 0.05) is 13.1 Å². The molecular formula is C17H29N3O4S. The zero-order valence-corrected chi connectivity index (χ0v) is 15.6. The van der Waals surface area contributed by atoms with Crippen LogP contribution in [0.15, 0.2) is 18.2 Å². The molecule has 0 amide bonds. The monoisotopic (exact) mass is 371 g/mol. The maximum Gasteiger partial charge on any atom is 0.298 e. The highest BCUT2D eigenvalue weighted by Gasteiger charge is 2.27. The summed E-state index contributed by atoms with van der Waals surface area (Å²) in [5.41, 5.74) is 0.610. The van der Waals surface area contributed by atoms with Crippen molar-refractivity contribution >= 4 is 15.9 Å². The highest BCUT2D eigenvalue weighted by molar-refractivity contribution is 7.90. The zero-order chi connectivity index (χ0) is 18.4. The highest BCUT2D eigenvalue weighted by atomic mass is 32.2. The van der Waals surface area contributed by atoms with Gasteiger partial charge in [0.15, 0.2) is 0 Å². The summed E-state index contributed by atoms with van der Waals surface area (Å²) in [6.07, 6.45) is 4.82. The Morgan fingerprint density at radius 1 is 1.36 bits per heavy atom. The minimum atomic E-state index is -3.74. The summed E-state index contributed by atoms with van der Waals surface area (Å²) in [5.74, 6) is 0.465. The van der Waals surface area contributed by atoms with Crippen LogP contribution in [0.4, 0.5) is 5.69 Å². The normalized spacial score (nSPS) is 22.5. The molecule has 1 aromatic rings. The lowest BCUT2D eigenvalue weighted by Gasteiger charge is -2.33. The van der Waals surface area contributed by atoms with Crippen LogP contribution >= 0.6 is 0 Å². The van der Waals surface area contributed by atoms with E-state index in [1.807, 2.05) is 0 Å². The molecule has 3 atom stereocenters. The molecule has 1 fully saturated rings. The number of rotatable bonds is 8. The van der Waals surface area contributed by atoms with Gasteiger partial charge in [-0.05, 0) is 49.4 Å². The van der Waals surface area contributed by atoms with Gasteiger partial charge in [-0.15, -0.1) is 0 Å². The maximum absolute atomic E-state index is 11.6. The lowest BCUT2D eigenvalue weighted by Crippen LogP contribution is -2.42. The summed E-state index contributed by atoms with van der Waals surface area (Å²) in [6.45, 7) is 3.08. The number of unbranched alkanes of at least 4 members (excludes halogenated alkanes) is 1. The molecule has 0 radical (unpaired) electrons. The first kappa shape index (κ1) is 20.0. The third kappa shape index (κ3) is 5.57. The molecule has 2 rings (SSSR count). The third-order valence-corrected chi connectivity index (χ3v) is 5.80. The first-order chi connectivity index (χ1) is 11.9. The van der Waals surface area contributed by atoms with E-state index in [2.05, 4.69) is 21.7 Å². The van der Waals surface area contributed by atoms with E-state index in [1.54, 1.807) is 6.07 Å². The average molecular weight is 372 g/mol. The predicted molar refractivity (Wildman–Crippen MR) is 98.7 cm³/mol. The standard InChI is InChI=1S/C17H29N3O4S/c1-3-4-5-12-6-8-14(19-11-12)17(22)13-7-9-16(21)15(10-13)20-25(23,24)18-2/h7,9-10,12,14,17-22H,3-6,8,11H2,1-2H3. The van der Waals surface area contributed by atoms with Crippen molar-refractivity contribution in [1.29, 1.82) is 0 Å². The van der Waals surface area contributed by atoms with Crippen LogP contribution in [0.25, 0.3) is 0 Å². The minimum absolute atomic E-state index is 0.0440. The van der Waals surface area contributed by atoms with Crippen molar-refractivity contribution in [2.24, 2.45) is 5.92 Å². The Morgan fingerprint density at radius 3 is 2.72 bits per heavy atom. The number of aliphatic hydroxyl groups excluding tert-OH is 1. The molecule has 142 valence electrons. The Hall–Kier alpha value is -1.35. The van der Waals surface area contributed by atoms with Gasteiger partial charge in [0.2, 0.25) is 0 Å². The van der Waals surface area contributed by atoms with Crippen molar-refractivity contribution in [2.45, 2.75) is 51.2 Å². The van der Waals surface area contributed by atoms with Crippen molar-refractivity contribution in [3.8, 4) is 5.75 Å². The number of phenols is 1. The number of benzene rings is 1. The van der Waals surface area contributed by atoms with Gasteiger partial charge in [-0.25, -0.2) is 4.72 Å². The van der Waals surface area contributed by atoms with Crippen LogP contribution in [0, 0.1) is 5.92 Å². The molecule has 8 heteroatoms. The zero-order valence-electron chi connectivity index (χ0n) is 14.8. The van der Waals surface area contributed by atoms with E-state index in [9.17, 15) is 18.6 Å². The Morgan fingerprint density at radius 2 is 2.12 bits per heavy atom. The molecule has 1 saturated heterocycles. The van der Waals surface area contributed by atoms with Crippen LogP contribution in [0.3, 0.4) is 0 Å². The SMILES string of the molecule is CCCCC1CCC(C(O)c2ccc(O)c(NS(=O)(=O)NC)c2)NC1. The van der Waals surface area contributed by atoms with E-state index in [0.29, 0.717) is 11.5 Å². The minimum Gasteiger partial charge on any atom is -0.506 e. The molecule has 0 bridgehead atoms. The van der Waals surface area contributed by atoms with Crippen LogP contribution in [0.1, 0.15) is 50.7 Å². The van der Waals surface area contributed by atoms with Crippen LogP contribution < -0.4 is 14.8 Å². The predicted octanol–water partition coefficient (Wildman–Crippen LogP) is 1.86. The number of nitrogens with one attached hydrogen (secondary N) is 3. The molecule has 1 aliphatic rings. The number of aliphatic hydroxyl groups is 1. The van der Waals surface area contributed by atoms with Crippen molar-refractivity contribution in [2.75, 3.05) is 18.3 Å². The van der Waals surface area contributed by atoms with Gasteiger partial charge in [0.05, 0.1) is 11.8 Å². The lowest BCUT2D eigenvalue weighted by atomic mass is 9.87. The van der Waals surface area contributed by atoms with Gasteiger partial charge in [-0.1, -0.05) is 25.8 Å². The molecule has 1 aliphatic heterocycles. The number of aromatic hydroxyl groups is 1. The molecule has 0 saturated carbocycles. The number of hydrogen-bond donors (Lipinski definition) is 5. The Labute approximate surface area is 150 Å². The quantitative estimate of drug-likeness (QED) is 0.448. The number of piperidine rings is 1. The van der Waals surface area contributed by atoms with Crippen molar-refractivity contribution in [1.82, 2.24) is 10.0 Å². The fourth-order valence-electron chi connectivity index (χ4n) is 3.19. The maximum atomic E-state index is 11.6. The van der Waals surface area contributed by atoms with Crippen LogP contribution in [-0.2, 0) is 10.2 Å². The smallest absolute Gasteiger partial charge is 0.298 e. The Balaban J connectivity index is 2.04. The molecule has 0 spiro atoms. The Kier molecular flexibility index (Phi) is 7.06.